The maximum atomic E-state index is 11.9. The largest absolute Gasteiger partial charge is 0.508 e. The fourth-order valence-electron chi connectivity index (χ4n) is 2.10. The van der Waals surface area contributed by atoms with E-state index in [1.54, 1.807) is 26.8 Å². The van der Waals surface area contributed by atoms with E-state index in [1.807, 2.05) is 0 Å². The van der Waals surface area contributed by atoms with Crippen LogP contribution in [-0.2, 0) is 24.7 Å². The van der Waals surface area contributed by atoms with Crippen LogP contribution in [-0.4, -0.2) is 42.5 Å². The van der Waals surface area contributed by atoms with E-state index in [0.29, 0.717) is 16.9 Å². The van der Waals surface area contributed by atoms with Crippen molar-refractivity contribution in [3.8, 4) is 11.5 Å². The molecule has 0 bridgehead atoms. The number of methoxy groups -OCH3 is 1. The minimum absolute atomic E-state index is 0.0298. The summed E-state index contributed by atoms with van der Waals surface area (Å²) in [6.07, 6.45) is 1.57. The molecule has 0 aliphatic heterocycles. The predicted octanol–water partition coefficient (Wildman–Crippen LogP) is 1.97. The first-order valence-electron chi connectivity index (χ1n) is 7.68. The standard InChI is InChI=1S/C18H24O7/c1-6-11(2)17(21)25-10-18(22,9-24-13(4)19)14-8-16(23-5)12(3)7-15(14)20/h6-8,20,22H,9-10H2,1-5H3. The summed E-state index contributed by atoms with van der Waals surface area (Å²) in [6.45, 7) is 5.15. The summed E-state index contributed by atoms with van der Waals surface area (Å²) in [4.78, 5) is 23.0. The Morgan fingerprint density at radius 3 is 2.32 bits per heavy atom. The predicted molar refractivity (Wildman–Crippen MR) is 90.3 cm³/mol. The second kappa shape index (κ2) is 8.53. The smallest absolute Gasteiger partial charge is 0.333 e. The maximum Gasteiger partial charge on any atom is 0.333 e. The number of carbonyl (C=O) groups is 2. The summed E-state index contributed by atoms with van der Waals surface area (Å²) >= 11 is 0. The lowest BCUT2D eigenvalue weighted by Crippen LogP contribution is -2.38. The number of phenolic OH excluding ortho intramolecular Hbond substituents is 1. The van der Waals surface area contributed by atoms with Crippen LogP contribution in [0.1, 0.15) is 31.9 Å². The van der Waals surface area contributed by atoms with Crippen LogP contribution in [0, 0.1) is 6.92 Å². The molecule has 0 saturated heterocycles. The average Bonchev–Trinajstić information content (AvgIpc) is 2.57. The molecular weight excluding hydrogens is 328 g/mol. The molecule has 0 aliphatic rings. The quantitative estimate of drug-likeness (QED) is 0.571. The lowest BCUT2D eigenvalue weighted by molar-refractivity contribution is -0.161. The van der Waals surface area contributed by atoms with Gasteiger partial charge in [-0.2, -0.15) is 0 Å². The van der Waals surface area contributed by atoms with Gasteiger partial charge < -0.3 is 24.4 Å². The van der Waals surface area contributed by atoms with Crippen LogP contribution in [0.5, 0.6) is 11.5 Å². The number of esters is 2. The third-order valence-corrected chi connectivity index (χ3v) is 3.73. The van der Waals surface area contributed by atoms with Crippen LogP contribution in [0.15, 0.2) is 23.8 Å². The van der Waals surface area contributed by atoms with Gasteiger partial charge in [0.15, 0.2) is 5.60 Å². The van der Waals surface area contributed by atoms with Crippen molar-refractivity contribution in [3.63, 3.8) is 0 Å². The summed E-state index contributed by atoms with van der Waals surface area (Å²) in [5, 5.41) is 21.2. The summed E-state index contributed by atoms with van der Waals surface area (Å²) in [6, 6.07) is 2.83. The normalized spacial score (nSPS) is 13.8. The molecule has 0 spiro atoms. The molecule has 2 N–H and O–H groups in total. The minimum Gasteiger partial charge on any atom is -0.508 e. The highest BCUT2D eigenvalue weighted by molar-refractivity contribution is 5.87. The first kappa shape index (κ1) is 20.5. The SMILES string of the molecule is CC=C(C)C(=O)OCC(O)(COC(C)=O)c1cc(OC)c(C)cc1O. The molecule has 0 fully saturated rings. The molecule has 0 aliphatic carbocycles. The van der Waals surface area contributed by atoms with Gasteiger partial charge in [-0.05, 0) is 38.5 Å². The first-order valence-corrected chi connectivity index (χ1v) is 7.68. The van der Waals surface area contributed by atoms with E-state index >= 15 is 0 Å². The van der Waals surface area contributed by atoms with Crippen molar-refractivity contribution in [2.75, 3.05) is 20.3 Å². The molecule has 0 aromatic heterocycles. The number of phenols is 1. The van der Waals surface area contributed by atoms with Crippen LogP contribution < -0.4 is 4.74 Å². The zero-order valence-electron chi connectivity index (χ0n) is 15.1. The molecule has 7 heteroatoms. The van der Waals surface area contributed by atoms with Gasteiger partial charge in [-0.15, -0.1) is 0 Å². The lowest BCUT2D eigenvalue weighted by atomic mass is 9.93. The summed E-state index contributed by atoms with van der Waals surface area (Å²) in [5.41, 5.74) is -0.886. The molecule has 0 amide bonds. The number of benzene rings is 1. The molecular formula is C18H24O7. The average molecular weight is 352 g/mol. The zero-order chi connectivity index (χ0) is 19.2. The van der Waals surface area contributed by atoms with Gasteiger partial charge in [0.1, 0.15) is 24.7 Å². The highest BCUT2D eigenvalue weighted by atomic mass is 16.6. The van der Waals surface area contributed by atoms with Crippen molar-refractivity contribution in [1.29, 1.82) is 0 Å². The molecule has 0 saturated carbocycles. The Hall–Kier alpha value is -2.54. The van der Waals surface area contributed by atoms with Gasteiger partial charge >= 0.3 is 11.9 Å². The number of rotatable bonds is 7. The second-order valence-electron chi connectivity index (χ2n) is 5.70. The maximum absolute atomic E-state index is 11.9. The molecule has 7 nitrogen and oxygen atoms in total. The zero-order valence-corrected chi connectivity index (χ0v) is 15.1. The molecule has 1 aromatic rings. The van der Waals surface area contributed by atoms with E-state index in [0.717, 1.165) is 0 Å². The number of aromatic hydroxyl groups is 1. The molecule has 1 unspecified atom stereocenters. The van der Waals surface area contributed by atoms with E-state index < -0.39 is 30.8 Å². The van der Waals surface area contributed by atoms with Crippen molar-refractivity contribution in [1.82, 2.24) is 0 Å². The van der Waals surface area contributed by atoms with Crippen molar-refractivity contribution >= 4 is 11.9 Å². The molecule has 138 valence electrons. The van der Waals surface area contributed by atoms with Gasteiger partial charge in [0.25, 0.3) is 0 Å². The third kappa shape index (κ3) is 5.22. The molecule has 1 atom stereocenters. The van der Waals surface area contributed by atoms with Crippen LogP contribution in [0.25, 0.3) is 0 Å². The van der Waals surface area contributed by atoms with Gasteiger partial charge in [-0.25, -0.2) is 4.79 Å². The van der Waals surface area contributed by atoms with E-state index in [-0.39, 0.29) is 11.3 Å². The van der Waals surface area contributed by atoms with Crippen LogP contribution in [0.3, 0.4) is 0 Å². The number of hydrogen-bond donors (Lipinski definition) is 2. The third-order valence-electron chi connectivity index (χ3n) is 3.73. The van der Waals surface area contributed by atoms with Crippen molar-refractivity contribution in [3.05, 3.63) is 34.9 Å². The molecule has 25 heavy (non-hydrogen) atoms. The van der Waals surface area contributed by atoms with Crippen LogP contribution >= 0.6 is 0 Å². The Morgan fingerprint density at radius 1 is 1.20 bits per heavy atom. The Labute approximate surface area is 146 Å². The summed E-state index contributed by atoms with van der Waals surface area (Å²) in [7, 11) is 1.45. The van der Waals surface area contributed by atoms with E-state index in [2.05, 4.69) is 0 Å². The first-order chi connectivity index (χ1) is 11.6. The summed E-state index contributed by atoms with van der Waals surface area (Å²) in [5.74, 6) is -1.05. The van der Waals surface area contributed by atoms with Crippen LogP contribution in [0.4, 0.5) is 0 Å². The lowest BCUT2D eigenvalue weighted by Gasteiger charge is -2.29. The van der Waals surface area contributed by atoms with E-state index in [9.17, 15) is 19.8 Å². The molecule has 0 radical (unpaired) electrons. The van der Waals surface area contributed by atoms with Gasteiger partial charge in [-0.3, -0.25) is 4.79 Å². The van der Waals surface area contributed by atoms with Gasteiger partial charge in [0, 0.05) is 18.1 Å². The van der Waals surface area contributed by atoms with Crippen molar-refractivity contribution in [2.45, 2.75) is 33.3 Å². The van der Waals surface area contributed by atoms with Gasteiger partial charge in [0.2, 0.25) is 0 Å². The highest BCUT2D eigenvalue weighted by Crippen LogP contribution is 2.35. The van der Waals surface area contributed by atoms with Gasteiger partial charge in [0.05, 0.1) is 7.11 Å². The Kier molecular flexibility index (Phi) is 6.99. The monoisotopic (exact) mass is 352 g/mol. The molecule has 1 aromatic carbocycles. The molecule has 1 rings (SSSR count). The van der Waals surface area contributed by atoms with Crippen molar-refractivity contribution in [2.24, 2.45) is 0 Å². The number of ether oxygens (including phenoxy) is 3. The molecule has 0 heterocycles. The van der Waals surface area contributed by atoms with Crippen LogP contribution in [0.2, 0.25) is 0 Å². The Bertz CT molecular complexity index is 678. The number of allylic oxidation sites excluding steroid dienone is 1. The highest BCUT2D eigenvalue weighted by Gasteiger charge is 2.36. The Morgan fingerprint density at radius 2 is 1.80 bits per heavy atom. The second-order valence-corrected chi connectivity index (χ2v) is 5.70. The fourth-order valence-corrected chi connectivity index (χ4v) is 2.10. The number of carbonyl (C=O) groups excluding carboxylic acids is 2. The van der Waals surface area contributed by atoms with E-state index in [1.165, 1.54) is 26.2 Å². The topological polar surface area (TPSA) is 102 Å². The fraction of sp³-hybridized carbons (Fsp3) is 0.444. The number of aryl methyl sites for hydroxylation is 1. The summed E-state index contributed by atoms with van der Waals surface area (Å²) < 4.78 is 15.2. The minimum atomic E-state index is -1.93. The Balaban J connectivity index is 3.23. The number of hydrogen-bond acceptors (Lipinski definition) is 7. The van der Waals surface area contributed by atoms with Gasteiger partial charge in [-0.1, -0.05) is 6.08 Å². The van der Waals surface area contributed by atoms with E-state index in [4.69, 9.17) is 14.2 Å². The van der Waals surface area contributed by atoms with Crippen molar-refractivity contribution < 1.29 is 34.0 Å². The number of aliphatic hydroxyl groups is 1.